The maximum atomic E-state index is 12.2. The van der Waals surface area contributed by atoms with E-state index in [0.29, 0.717) is 13.2 Å². The van der Waals surface area contributed by atoms with Crippen LogP contribution in [0.1, 0.15) is 28.2 Å². The van der Waals surface area contributed by atoms with Crippen LogP contribution in [0.3, 0.4) is 0 Å². The fourth-order valence-electron chi connectivity index (χ4n) is 2.92. The first-order valence-corrected chi connectivity index (χ1v) is 9.97. The summed E-state index contributed by atoms with van der Waals surface area (Å²) in [5, 5.41) is 9.56. The number of aryl methyl sites for hydroxylation is 1. The van der Waals surface area contributed by atoms with Gasteiger partial charge in [-0.2, -0.15) is 0 Å². The molecule has 1 fully saturated rings. The molecule has 2 aromatic rings. The molecule has 1 aliphatic heterocycles. The predicted molar refractivity (Wildman–Crippen MR) is 110 cm³/mol. The lowest BCUT2D eigenvalue weighted by molar-refractivity contribution is -0.124. The summed E-state index contributed by atoms with van der Waals surface area (Å²) in [5.74, 6) is 0.677. The molecule has 1 amide bonds. The van der Waals surface area contributed by atoms with Crippen LogP contribution >= 0.6 is 11.3 Å². The zero-order valence-electron chi connectivity index (χ0n) is 15.7. The third-order valence-electron chi connectivity index (χ3n) is 4.33. The molecule has 6 nitrogen and oxygen atoms in total. The summed E-state index contributed by atoms with van der Waals surface area (Å²) in [7, 11) is 1.76. The summed E-state index contributed by atoms with van der Waals surface area (Å²) in [6, 6.07) is 12.1. The highest BCUT2D eigenvalue weighted by Crippen LogP contribution is 2.16. The highest BCUT2D eigenvalue weighted by atomic mass is 32.1. The Morgan fingerprint density at radius 3 is 2.81 bits per heavy atom. The van der Waals surface area contributed by atoms with E-state index in [1.807, 2.05) is 24.3 Å². The molecule has 3 rings (SSSR count). The number of carbonyl (C=O) groups excluding carboxylic acids is 1. The Morgan fingerprint density at radius 2 is 2.11 bits per heavy atom. The maximum Gasteiger partial charge on any atom is 0.253 e. The largest absolute Gasteiger partial charge is 0.368 e. The van der Waals surface area contributed by atoms with Gasteiger partial charge in [0, 0.05) is 35.6 Å². The molecular weight excluding hydrogens is 360 g/mol. The van der Waals surface area contributed by atoms with E-state index in [2.05, 4.69) is 40.0 Å². The van der Waals surface area contributed by atoms with Gasteiger partial charge in [0.25, 0.3) is 5.91 Å². The number of carbonyl (C=O) groups is 1. The monoisotopic (exact) mass is 386 g/mol. The second kappa shape index (κ2) is 9.53. The van der Waals surface area contributed by atoms with E-state index >= 15 is 0 Å². The van der Waals surface area contributed by atoms with Crippen molar-refractivity contribution in [3.05, 3.63) is 51.7 Å². The Balaban J connectivity index is 1.50. The number of hydrogen-bond acceptors (Lipinski definition) is 4. The number of anilines is 1. The van der Waals surface area contributed by atoms with Crippen molar-refractivity contribution in [2.24, 2.45) is 4.99 Å². The van der Waals surface area contributed by atoms with E-state index in [1.54, 1.807) is 18.4 Å². The highest BCUT2D eigenvalue weighted by molar-refractivity contribution is 7.11. The lowest BCUT2D eigenvalue weighted by Crippen LogP contribution is -2.36. The van der Waals surface area contributed by atoms with Crippen molar-refractivity contribution in [3.8, 4) is 0 Å². The Morgan fingerprint density at radius 1 is 1.26 bits per heavy atom. The number of benzene rings is 1. The van der Waals surface area contributed by atoms with Gasteiger partial charge in [-0.05, 0) is 49.6 Å². The van der Waals surface area contributed by atoms with Crippen molar-refractivity contribution >= 4 is 28.9 Å². The lowest BCUT2D eigenvalue weighted by atomic mass is 10.2. The predicted octanol–water partition coefficient (Wildman–Crippen LogP) is 3.04. The van der Waals surface area contributed by atoms with Gasteiger partial charge in [0.15, 0.2) is 5.96 Å². The van der Waals surface area contributed by atoms with Crippen LogP contribution in [0.4, 0.5) is 5.69 Å². The van der Waals surface area contributed by atoms with E-state index in [9.17, 15) is 4.79 Å². The highest BCUT2D eigenvalue weighted by Gasteiger charge is 2.23. The molecular formula is C20H26N4O2S. The first-order valence-electron chi connectivity index (χ1n) is 9.15. The van der Waals surface area contributed by atoms with Crippen molar-refractivity contribution < 1.29 is 9.53 Å². The van der Waals surface area contributed by atoms with E-state index in [0.717, 1.165) is 36.6 Å². The first-order chi connectivity index (χ1) is 13.1. The lowest BCUT2D eigenvalue weighted by Gasteiger charge is -2.13. The van der Waals surface area contributed by atoms with Gasteiger partial charge in [-0.25, -0.2) is 0 Å². The Hall–Kier alpha value is -2.38. The summed E-state index contributed by atoms with van der Waals surface area (Å²) in [4.78, 5) is 19.0. The molecule has 1 atom stereocenters. The number of nitrogens with one attached hydrogen (secondary N) is 3. The summed E-state index contributed by atoms with van der Waals surface area (Å²) in [6.45, 7) is 4.13. The van der Waals surface area contributed by atoms with Crippen LogP contribution in [0.15, 0.2) is 41.4 Å². The van der Waals surface area contributed by atoms with Gasteiger partial charge in [0.05, 0.1) is 6.54 Å². The number of aliphatic imine (C=N–C) groups is 1. The van der Waals surface area contributed by atoms with Crippen LogP contribution in [0.5, 0.6) is 0 Å². The Kier molecular flexibility index (Phi) is 6.84. The topological polar surface area (TPSA) is 74.8 Å². The number of hydrogen-bond donors (Lipinski definition) is 3. The van der Waals surface area contributed by atoms with Crippen molar-refractivity contribution in [2.45, 2.75) is 39.0 Å². The SMILES string of the molecule is CN=C(NCc1cccc(NC(=O)C2CCCO2)c1)NCc1ccc(C)s1. The molecule has 1 saturated heterocycles. The van der Waals surface area contributed by atoms with E-state index in [1.165, 1.54) is 9.75 Å². The van der Waals surface area contributed by atoms with Gasteiger partial charge >= 0.3 is 0 Å². The standard InChI is InChI=1S/C20H26N4O2S/c1-14-8-9-17(27-14)13-23-20(21-2)22-12-15-5-3-6-16(11-15)24-19(25)18-7-4-10-26-18/h3,5-6,8-9,11,18H,4,7,10,12-13H2,1-2H3,(H,24,25)(H2,21,22,23). The molecule has 27 heavy (non-hydrogen) atoms. The van der Waals surface area contributed by atoms with Crippen LogP contribution in [0, 0.1) is 6.92 Å². The van der Waals surface area contributed by atoms with E-state index in [4.69, 9.17) is 4.74 Å². The number of thiophene rings is 1. The number of amides is 1. The molecule has 0 radical (unpaired) electrons. The van der Waals surface area contributed by atoms with Crippen LogP contribution in [0.2, 0.25) is 0 Å². The van der Waals surface area contributed by atoms with Gasteiger partial charge in [0.2, 0.25) is 0 Å². The number of guanidine groups is 1. The number of rotatable bonds is 6. The molecule has 0 saturated carbocycles. The molecule has 2 heterocycles. The molecule has 1 aromatic heterocycles. The van der Waals surface area contributed by atoms with Crippen molar-refractivity contribution in [1.82, 2.24) is 10.6 Å². The summed E-state index contributed by atoms with van der Waals surface area (Å²) in [5.41, 5.74) is 1.85. The minimum Gasteiger partial charge on any atom is -0.368 e. The number of nitrogens with zero attached hydrogens (tertiary/aromatic N) is 1. The van der Waals surface area contributed by atoms with Crippen LogP contribution in [-0.4, -0.2) is 31.6 Å². The smallest absolute Gasteiger partial charge is 0.253 e. The quantitative estimate of drug-likeness (QED) is 0.527. The van der Waals surface area contributed by atoms with Crippen molar-refractivity contribution in [3.63, 3.8) is 0 Å². The molecule has 1 aromatic carbocycles. The van der Waals surface area contributed by atoms with Gasteiger partial charge < -0.3 is 20.7 Å². The first kappa shape index (κ1) is 19.4. The Bertz CT molecular complexity index is 797. The minimum atomic E-state index is -0.323. The van der Waals surface area contributed by atoms with Crippen LogP contribution in [0.25, 0.3) is 0 Å². The molecule has 0 spiro atoms. The summed E-state index contributed by atoms with van der Waals surface area (Å²) < 4.78 is 5.43. The zero-order valence-corrected chi connectivity index (χ0v) is 16.6. The summed E-state index contributed by atoms with van der Waals surface area (Å²) in [6.07, 6.45) is 1.41. The average Bonchev–Trinajstić information content (AvgIpc) is 3.34. The molecule has 1 aliphatic rings. The minimum absolute atomic E-state index is 0.0682. The zero-order chi connectivity index (χ0) is 19.1. The third-order valence-corrected chi connectivity index (χ3v) is 5.33. The molecule has 1 unspecified atom stereocenters. The van der Waals surface area contributed by atoms with E-state index in [-0.39, 0.29) is 12.0 Å². The van der Waals surface area contributed by atoms with Gasteiger partial charge in [0.1, 0.15) is 6.10 Å². The number of ether oxygens (including phenoxy) is 1. The second-order valence-corrected chi connectivity index (χ2v) is 7.86. The van der Waals surface area contributed by atoms with Crippen molar-refractivity contribution in [1.29, 1.82) is 0 Å². The normalized spacial score (nSPS) is 17.0. The third kappa shape index (κ3) is 5.80. The Labute approximate surface area is 164 Å². The van der Waals surface area contributed by atoms with Gasteiger partial charge in [-0.3, -0.25) is 9.79 Å². The average molecular weight is 387 g/mol. The fourth-order valence-corrected chi connectivity index (χ4v) is 3.75. The molecule has 0 bridgehead atoms. The fraction of sp³-hybridized carbons (Fsp3) is 0.400. The molecule has 7 heteroatoms. The van der Waals surface area contributed by atoms with E-state index < -0.39 is 0 Å². The van der Waals surface area contributed by atoms with Crippen molar-refractivity contribution in [2.75, 3.05) is 19.0 Å². The molecule has 144 valence electrons. The second-order valence-electron chi connectivity index (χ2n) is 6.48. The van der Waals surface area contributed by atoms with Crippen LogP contribution < -0.4 is 16.0 Å². The van der Waals surface area contributed by atoms with Gasteiger partial charge in [-0.15, -0.1) is 11.3 Å². The summed E-state index contributed by atoms with van der Waals surface area (Å²) >= 11 is 1.78. The van der Waals surface area contributed by atoms with Crippen LogP contribution in [-0.2, 0) is 22.6 Å². The molecule has 3 N–H and O–H groups in total. The van der Waals surface area contributed by atoms with Gasteiger partial charge in [-0.1, -0.05) is 12.1 Å². The molecule has 0 aliphatic carbocycles. The maximum absolute atomic E-state index is 12.2.